The quantitative estimate of drug-likeness (QED) is 0.154. The van der Waals surface area contributed by atoms with Crippen molar-refractivity contribution in [3.63, 3.8) is 0 Å². The van der Waals surface area contributed by atoms with Crippen LogP contribution in [0.2, 0.25) is 0 Å². The van der Waals surface area contributed by atoms with Crippen molar-refractivity contribution >= 4 is 11.9 Å². The zero-order valence-corrected chi connectivity index (χ0v) is 25.3. The van der Waals surface area contributed by atoms with Crippen LogP contribution in [0.4, 0.5) is 13.2 Å². The van der Waals surface area contributed by atoms with Gasteiger partial charge < -0.3 is 19.3 Å². The van der Waals surface area contributed by atoms with Crippen LogP contribution in [-0.2, 0) is 27.6 Å². The normalized spacial score (nSPS) is 29.5. The van der Waals surface area contributed by atoms with Gasteiger partial charge in [-0.1, -0.05) is 26.3 Å². The molecule has 1 N–H and O–H groups in total. The molecule has 44 heavy (non-hydrogen) atoms. The molecule has 2 aromatic rings. The average molecular weight is 608 g/mol. The highest BCUT2D eigenvalue weighted by Crippen LogP contribution is 2.64. The van der Waals surface area contributed by atoms with Gasteiger partial charge >= 0.3 is 12.1 Å². The number of quaternary nitrogens is 1. The molecule has 9 heteroatoms. The van der Waals surface area contributed by atoms with E-state index in [1.807, 2.05) is 18.2 Å². The van der Waals surface area contributed by atoms with Gasteiger partial charge in [0.2, 0.25) is 0 Å². The number of alkyl halides is 3. The Morgan fingerprint density at radius 3 is 2.61 bits per heavy atom. The van der Waals surface area contributed by atoms with Crippen LogP contribution < -0.4 is 14.8 Å². The predicted molar refractivity (Wildman–Crippen MR) is 159 cm³/mol. The molecule has 232 valence electrons. The first-order valence-electron chi connectivity index (χ1n) is 15.4. The van der Waals surface area contributed by atoms with Crippen LogP contribution in [-0.4, -0.2) is 54.2 Å². The molecule has 1 unspecified atom stereocenters. The molecule has 1 spiro atoms. The molecule has 0 aromatic heterocycles. The van der Waals surface area contributed by atoms with Gasteiger partial charge in [0.1, 0.15) is 17.6 Å². The topological polar surface area (TPSA) is 64.6 Å². The van der Waals surface area contributed by atoms with E-state index in [0.717, 1.165) is 78.8 Å². The van der Waals surface area contributed by atoms with Crippen LogP contribution in [0.3, 0.4) is 0 Å². The Kier molecular flexibility index (Phi) is 7.56. The molecule has 2 bridgehead atoms. The molecule has 2 fully saturated rings. The van der Waals surface area contributed by atoms with E-state index >= 15 is 0 Å². The van der Waals surface area contributed by atoms with Gasteiger partial charge in [-0.15, -0.1) is 0 Å². The van der Waals surface area contributed by atoms with Crippen molar-refractivity contribution in [1.82, 2.24) is 5.32 Å². The Bertz CT molecular complexity index is 1560. The van der Waals surface area contributed by atoms with Crippen LogP contribution in [0, 0.1) is 23.7 Å². The van der Waals surface area contributed by atoms with Crippen molar-refractivity contribution in [1.29, 1.82) is 0 Å². The van der Waals surface area contributed by atoms with Gasteiger partial charge in [-0.3, -0.25) is 9.59 Å². The second kappa shape index (κ2) is 11.0. The first kappa shape index (κ1) is 30.3. The molecule has 0 radical (unpaired) electrons. The van der Waals surface area contributed by atoms with Gasteiger partial charge in [0.25, 0.3) is 5.91 Å². The molecule has 1 saturated heterocycles. The molecular formula is C35H38F3N2O4+. The smallest absolute Gasteiger partial charge is 0.416 e. The summed E-state index contributed by atoms with van der Waals surface area (Å²) in [6.45, 7) is 12.9. The molecule has 2 heterocycles. The Hall–Kier alpha value is -3.77. The summed E-state index contributed by atoms with van der Waals surface area (Å²) in [4.78, 5) is 25.2. The summed E-state index contributed by atoms with van der Waals surface area (Å²) < 4.78 is 52.2. The maximum absolute atomic E-state index is 13.1. The lowest BCUT2D eigenvalue weighted by molar-refractivity contribution is -0.960. The Morgan fingerprint density at radius 1 is 1.20 bits per heavy atom. The number of likely N-dealkylation sites (tertiary alicyclic amines) is 1. The summed E-state index contributed by atoms with van der Waals surface area (Å²) in [6, 6.07) is 8.14. The number of amides is 1. The third-order valence-electron chi connectivity index (χ3n) is 10.2. The summed E-state index contributed by atoms with van der Waals surface area (Å²) in [5.74, 6) is 6.57. The van der Waals surface area contributed by atoms with E-state index in [-0.39, 0.29) is 29.6 Å². The lowest BCUT2D eigenvalue weighted by Crippen LogP contribution is -2.74. The lowest BCUT2D eigenvalue weighted by Gasteiger charge is -2.63. The highest BCUT2D eigenvalue weighted by atomic mass is 19.4. The minimum absolute atomic E-state index is 0.279. The number of benzene rings is 2. The number of piperidine rings is 1. The van der Waals surface area contributed by atoms with Gasteiger partial charge in [-0.05, 0) is 55.3 Å². The highest BCUT2D eigenvalue weighted by molar-refractivity contribution is 5.94. The van der Waals surface area contributed by atoms with Crippen molar-refractivity contribution in [3.8, 4) is 23.3 Å². The Morgan fingerprint density at radius 2 is 1.95 bits per heavy atom. The molecular weight excluding hydrogens is 569 g/mol. The summed E-state index contributed by atoms with van der Waals surface area (Å²) in [6.07, 6.45) is 0.549. The molecule has 2 aliphatic heterocycles. The summed E-state index contributed by atoms with van der Waals surface area (Å²) in [5.41, 5.74) is 1.37. The summed E-state index contributed by atoms with van der Waals surface area (Å²) in [5, 5.41) is 3.09. The number of carbonyl (C=O) groups excluding carboxylic acids is 2. The molecule has 1 saturated carbocycles. The van der Waals surface area contributed by atoms with Crippen LogP contribution >= 0.6 is 0 Å². The van der Waals surface area contributed by atoms with E-state index in [0.29, 0.717) is 23.1 Å². The zero-order chi connectivity index (χ0) is 31.4. The van der Waals surface area contributed by atoms with Crippen LogP contribution in [0.5, 0.6) is 11.5 Å². The van der Waals surface area contributed by atoms with Crippen molar-refractivity contribution in [2.45, 2.75) is 76.2 Å². The van der Waals surface area contributed by atoms with Crippen molar-refractivity contribution in [2.75, 3.05) is 19.6 Å². The van der Waals surface area contributed by atoms with Gasteiger partial charge in [-0.2, -0.15) is 13.2 Å². The van der Waals surface area contributed by atoms with E-state index in [4.69, 9.17) is 9.47 Å². The fourth-order valence-corrected chi connectivity index (χ4v) is 8.88. The molecule has 6 rings (SSSR count). The van der Waals surface area contributed by atoms with Crippen molar-refractivity contribution in [2.24, 2.45) is 11.8 Å². The average Bonchev–Trinajstić information content (AvgIpc) is 3.29. The summed E-state index contributed by atoms with van der Waals surface area (Å²) in [7, 11) is 0. The fraction of sp³-hybridized carbons (Fsp3) is 0.486. The van der Waals surface area contributed by atoms with E-state index < -0.39 is 17.6 Å². The standard InChI is InChI=1S/C35H37F3N2O4/c1-5-17-40(20-21(2)3)18-16-34-26-11-12-27(39-31(42)15-8-23-6-9-24(10-7-23)35(36,37)38)33(34)44-30-14-13-29(43-22(4)41)25(32(30)34)19-28(26)40/h5-7,9-10,13-14,21,26-28,33H,1,11-12,16-20H2,2-4H3/p+1/t26-,27+,28+,33-,34-,40?/m0/s1. The number of halogens is 3. The monoisotopic (exact) mass is 607 g/mol. The van der Waals surface area contributed by atoms with Gasteiger partial charge in [-0.25, -0.2) is 0 Å². The first-order chi connectivity index (χ1) is 20.9. The Labute approximate surface area is 256 Å². The molecule has 2 aliphatic carbocycles. The number of rotatable bonds is 6. The maximum Gasteiger partial charge on any atom is 0.416 e. The van der Waals surface area contributed by atoms with Crippen LogP contribution in [0.15, 0.2) is 49.1 Å². The van der Waals surface area contributed by atoms with Gasteiger partial charge in [0.05, 0.1) is 42.7 Å². The first-order valence-corrected chi connectivity index (χ1v) is 15.4. The molecule has 6 atom stereocenters. The van der Waals surface area contributed by atoms with Crippen molar-refractivity contribution < 1.29 is 36.7 Å². The largest absolute Gasteiger partial charge is 0.487 e. The van der Waals surface area contributed by atoms with Crippen LogP contribution in [0.25, 0.3) is 0 Å². The van der Waals surface area contributed by atoms with Gasteiger partial charge in [0.15, 0.2) is 0 Å². The molecule has 1 amide bonds. The highest BCUT2D eigenvalue weighted by Gasteiger charge is 2.69. The fourth-order valence-electron chi connectivity index (χ4n) is 8.88. The van der Waals surface area contributed by atoms with Crippen LogP contribution in [0.1, 0.15) is 62.3 Å². The predicted octanol–water partition coefficient (Wildman–Crippen LogP) is 5.56. The molecule has 4 aliphatic rings. The van der Waals surface area contributed by atoms with E-state index in [1.165, 1.54) is 19.1 Å². The third kappa shape index (κ3) is 4.97. The molecule has 6 nitrogen and oxygen atoms in total. The third-order valence-corrected chi connectivity index (χ3v) is 10.2. The zero-order valence-electron chi connectivity index (χ0n) is 25.3. The SMILES string of the molecule is C=CC[N+]1(CC(C)C)CC[C@@]23c4c5ccc(OC(C)=O)c4C[C@@H]1[C@@H]2CC[C@@H](NC(=O)C#Cc1ccc(C(F)(F)F)cc1)[C@@H]3O5. The number of nitrogens with zero attached hydrogens (tertiary/aromatic N) is 1. The second-order valence-corrected chi connectivity index (χ2v) is 13.2. The number of hydrogen-bond acceptors (Lipinski definition) is 4. The van der Waals surface area contributed by atoms with Gasteiger partial charge in [0, 0.05) is 54.2 Å². The number of ether oxygens (including phenoxy) is 2. The number of nitrogens with one attached hydrogen (secondary N) is 1. The van der Waals surface area contributed by atoms with E-state index in [1.54, 1.807) is 0 Å². The Balaban J connectivity index is 1.34. The summed E-state index contributed by atoms with van der Waals surface area (Å²) >= 11 is 0. The lowest BCUT2D eigenvalue weighted by atomic mass is 9.50. The minimum Gasteiger partial charge on any atom is -0.487 e. The van der Waals surface area contributed by atoms with E-state index in [9.17, 15) is 22.8 Å². The molecule has 2 aromatic carbocycles. The van der Waals surface area contributed by atoms with Crippen molar-refractivity contribution in [3.05, 3.63) is 71.3 Å². The maximum atomic E-state index is 13.1. The minimum atomic E-state index is -4.43. The number of esters is 1. The number of hydrogen-bond donors (Lipinski definition) is 1. The van der Waals surface area contributed by atoms with E-state index in [2.05, 4.69) is 37.6 Å². The second-order valence-electron chi connectivity index (χ2n) is 13.2. The number of carbonyl (C=O) groups is 2.